The van der Waals surface area contributed by atoms with Crippen molar-refractivity contribution in [2.45, 2.75) is 18.7 Å². The Kier molecular flexibility index (Phi) is 4.35. The van der Waals surface area contributed by atoms with Crippen LogP contribution in [0.1, 0.15) is 17.6 Å². The number of carbonyl (C=O) groups is 1. The Balaban J connectivity index is 1.81. The van der Waals surface area contributed by atoms with E-state index in [4.69, 9.17) is 9.15 Å². The molecule has 0 fully saturated rings. The fourth-order valence-electron chi connectivity index (χ4n) is 1.20. The van der Waals surface area contributed by atoms with E-state index < -0.39 is 5.97 Å². The molecule has 2 aromatic rings. The molecule has 2 heterocycles. The highest BCUT2D eigenvalue weighted by Crippen LogP contribution is 2.16. The van der Waals surface area contributed by atoms with Gasteiger partial charge in [0.15, 0.2) is 0 Å². The molecule has 0 saturated heterocycles. The number of nitrogens with zero attached hydrogens (tertiary/aromatic N) is 4. The number of esters is 1. The van der Waals surface area contributed by atoms with E-state index >= 15 is 0 Å². The standard InChI is InChI=1S/C10H12N4O3S/c1-2-16-9(15)8-12-13-10(17-8)18-7-6-14-5-3-4-11-14/h3-5H,2,6-7H2,1H3. The van der Waals surface area contributed by atoms with Crippen LogP contribution in [-0.2, 0) is 11.3 Å². The summed E-state index contributed by atoms with van der Waals surface area (Å²) >= 11 is 1.37. The van der Waals surface area contributed by atoms with Gasteiger partial charge in [-0.1, -0.05) is 16.9 Å². The first-order chi connectivity index (χ1) is 8.79. The normalized spacial score (nSPS) is 10.5. The molecule has 0 bridgehead atoms. The first kappa shape index (κ1) is 12.6. The zero-order valence-electron chi connectivity index (χ0n) is 9.78. The number of aromatic nitrogens is 4. The van der Waals surface area contributed by atoms with Crippen molar-refractivity contribution < 1.29 is 13.9 Å². The van der Waals surface area contributed by atoms with Crippen LogP contribution in [0.15, 0.2) is 28.1 Å². The van der Waals surface area contributed by atoms with Crippen LogP contribution in [0, 0.1) is 0 Å². The smallest absolute Gasteiger partial charge is 0.396 e. The van der Waals surface area contributed by atoms with Crippen LogP contribution in [-0.4, -0.2) is 38.3 Å². The third-order valence-electron chi connectivity index (χ3n) is 1.96. The fraction of sp³-hybridized carbons (Fsp3) is 0.400. The van der Waals surface area contributed by atoms with E-state index in [0.29, 0.717) is 5.22 Å². The van der Waals surface area contributed by atoms with Gasteiger partial charge in [-0.05, 0) is 13.0 Å². The predicted octanol–water partition coefficient (Wildman–Crippen LogP) is 1.24. The third kappa shape index (κ3) is 3.33. The van der Waals surface area contributed by atoms with Crippen molar-refractivity contribution in [2.24, 2.45) is 0 Å². The van der Waals surface area contributed by atoms with Gasteiger partial charge in [-0.25, -0.2) is 4.79 Å². The summed E-state index contributed by atoms with van der Waals surface area (Å²) in [5.74, 6) is 0.0222. The zero-order chi connectivity index (χ0) is 12.8. The van der Waals surface area contributed by atoms with Crippen LogP contribution in [0.25, 0.3) is 0 Å². The highest BCUT2D eigenvalue weighted by molar-refractivity contribution is 7.99. The Morgan fingerprint density at radius 2 is 2.44 bits per heavy atom. The Labute approximate surface area is 108 Å². The SMILES string of the molecule is CCOC(=O)c1nnc(SCCn2cccn2)o1. The number of carbonyl (C=O) groups excluding carboxylic acids is 1. The predicted molar refractivity (Wildman–Crippen MR) is 63.2 cm³/mol. The number of hydrogen-bond acceptors (Lipinski definition) is 7. The topological polar surface area (TPSA) is 83.0 Å². The molecular weight excluding hydrogens is 256 g/mol. The van der Waals surface area contributed by atoms with Gasteiger partial charge in [-0.2, -0.15) is 5.10 Å². The van der Waals surface area contributed by atoms with Crippen LogP contribution in [0.2, 0.25) is 0 Å². The number of aryl methyl sites for hydroxylation is 1. The van der Waals surface area contributed by atoms with E-state index in [1.54, 1.807) is 17.8 Å². The summed E-state index contributed by atoms with van der Waals surface area (Å²) in [6, 6.07) is 1.86. The molecule has 0 saturated carbocycles. The summed E-state index contributed by atoms with van der Waals surface area (Å²) in [5, 5.41) is 11.8. The summed E-state index contributed by atoms with van der Waals surface area (Å²) in [5.41, 5.74) is 0. The number of thioether (sulfide) groups is 1. The van der Waals surface area contributed by atoms with Crippen molar-refractivity contribution >= 4 is 17.7 Å². The molecule has 0 aliphatic carbocycles. The highest BCUT2D eigenvalue weighted by atomic mass is 32.2. The zero-order valence-corrected chi connectivity index (χ0v) is 10.6. The lowest BCUT2D eigenvalue weighted by molar-refractivity contribution is 0.0475. The summed E-state index contributed by atoms with van der Waals surface area (Å²) < 4.78 is 11.7. The molecule has 18 heavy (non-hydrogen) atoms. The average Bonchev–Trinajstić information content (AvgIpc) is 3.00. The lowest BCUT2D eigenvalue weighted by atomic mass is 10.7. The van der Waals surface area contributed by atoms with E-state index in [1.165, 1.54) is 11.8 Å². The van der Waals surface area contributed by atoms with Crippen LogP contribution in [0.4, 0.5) is 0 Å². The van der Waals surface area contributed by atoms with Gasteiger partial charge in [-0.3, -0.25) is 4.68 Å². The fourth-order valence-corrected chi connectivity index (χ4v) is 1.89. The lowest BCUT2D eigenvalue weighted by Gasteiger charge is -1.97. The molecule has 0 N–H and O–H groups in total. The minimum absolute atomic E-state index is 0.113. The van der Waals surface area contributed by atoms with Gasteiger partial charge in [0.1, 0.15) is 0 Å². The number of rotatable bonds is 6. The van der Waals surface area contributed by atoms with Gasteiger partial charge in [0.05, 0.1) is 13.2 Å². The molecule has 0 atom stereocenters. The summed E-state index contributed by atoms with van der Waals surface area (Å²) in [7, 11) is 0. The van der Waals surface area contributed by atoms with Gasteiger partial charge in [0.25, 0.3) is 5.22 Å². The van der Waals surface area contributed by atoms with Crippen molar-refractivity contribution in [3.05, 3.63) is 24.4 Å². The van der Waals surface area contributed by atoms with E-state index in [0.717, 1.165) is 12.3 Å². The monoisotopic (exact) mass is 268 g/mol. The van der Waals surface area contributed by atoms with E-state index in [9.17, 15) is 4.79 Å². The van der Waals surface area contributed by atoms with Crippen molar-refractivity contribution in [2.75, 3.05) is 12.4 Å². The number of ether oxygens (including phenoxy) is 1. The Bertz CT molecular complexity index is 497. The van der Waals surface area contributed by atoms with Gasteiger partial charge in [0.2, 0.25) is 0 Å². The second-order valence-electron chi connectivity index (χ2n) is 3.21. The van der Waals surface area contributed by atoms with Gasteiger partial charge >= 0.3 is 11.9 Å². The molecule has 0 aromatic carbocycles. The third-order valence-corrected chi connectivity index (χ3v) is 2.76. The molecule has 0 aliphatic rings. The molecule has 0 aliphatic heterocycles. The molecule has 0 amide bonds. The largest absolute Gasteiger partial charge is 0.459 e. The lowest BCUT2D eigenvalue weighted by Crippen LogP contribution is -2.04. The van der Waals surface area contributed by atoms with Crippen molar-refractivity contribution in [3.8, 4) is 0 Å². The van der Waals surface area contributed by atoms with Gasteiger partial charge in [-0.15, -0.1) is 5.10 Å². The minimum Gasteiger partial charge on any atom is -0.459 e. The summed E-state index contributed by atoms with van der Waals surface area (Å²) in [6.07, 6.45) is 3.59. The van der Waals surface area contributed by atoms with Gasteiger partial charge < -0.3 is 9.15 Å². The molecule has 2 aromatic heterocycles. The Morgan fingerprint density at radius 3 is 3.17 bits per heavy atom. The van der Waals surface area contributed by atoms with Crippen molar-refractivity contribution in [1.82, 2.24) is 20.0 Å². The van der Waals surface area contributed by atoms with Crippen molar-refractivity contribution in [3.63, 3.8) is 0 Å². The van der Waals surface area contributed by atoms with Crippen LogP contribution < -0.4 is 0 Å². The minimum atomic E-state index is -0.594. The maximum absolute atomic E-state index is 11.3. The second kappa shape index (κ2) is 6.20. The first-order valence-corrected chi connectivity index (χ1v) is 6.39. The Hall–Kier alpha value is -1.83. The van der Waals surface area contributed by atoms with Crippen LogP contribution >= 0.6 is 11.8 Å². The van der Waals surface area contributed by atoms with E-state index in [-0.39, 0.29) is 12.5 Å². The maximum atomic E-state index is 11.3. The van der Waals surface area contributed by atoms with Crippen LogP contribution in [0.3, 0.4) is 0 Å². The van der Waals surface area contributed by atoms with Gasteiger partial charge in [0, 0.05) is 18.1 Å². The molecule has 0 radical (unpaired) electrons. The summed E-state index contributed by atoms with van der Waals surface area (Å²) in [6.45, 7) is 2.73. The maximum Gasteiger partial charge on any atom is 0.396 e. The quantitative estimate of drug-likeness (QED) is 0.575. The van der Waals surface area contributed by atoms with Crippen molar-refractivity contribution in [1.29, 1.82) is 0 Å². The summed E-state index contributed by atoms with van der Waals surface area (Å²) in [4.78, 5) is 11.3. The molecule has 0 spiro atoms. The molecule has 96 valence electrons. The number of hydrogen-bond donors (Lipinski definition) is 0. The average molecular weight is 268 g/mol. The first-order valence-electron chi connectivity index (χ1n) is 5.40. The van der Waals surface area contributed by atoms with E-state index in [2.05, 4.69) is 15.3 Å². The molecule has 7 nitrogen and oxygen atoms in total. The molecule has 2 rings (SSSR count). The van der Waals surface area contributed by atoms with E-state index in [1.807, 2.05) is 12.3 Å². The molecule has 0 unspecified atom stereocenters. The second-order valence-corrected chi connectivity index (χ2v) is 4.26. The Morgan fingerprint density at radius 1 is 1.56 bits per heavy atom. The molecular formula is C10H12N4O3S. The highest BCUT2D eigenvalue weighted by Gasteiger charge is 2.15. The molecule has 8 heteroatoms. The van der Waals surface area contributed by atoms with Crippen LogP contribution in [0.5, 0.6) is 0 Å².